The van der Waals surface area contributed by atoms with Crippen molar-refractivity contribution in [2.75, 3.05) is 23.7 Å². The molecule has 1 aliphatic carbocycles. The van der Waals surface area contributed by atoms with Gasteiger partial charge < -0.3 is 10.1 Å². The summed E-state index contributed by atoms with van der Waals surface area (Å²) in [7, 11) is -3.35. The van der Waals surface area contributed by atoms with E-state index >= 15 is 0 Å². The molecule has 0 radical (unpaired) electrons. The monoisotopic (exact) mass is 391 g/mol. The third-order valence-electron chi connectivity index (χ3n) is 4.95. The number of esters is 1. The standard InChI is InChI=1S/C18H21N3O5S/c1-27(24,25)21-9-6-13-10-14(4-5-15(13)21)17(23)26-11-16(22)20-18(12-19)7-2-3-8-18/h4-5,10H,2-3,6-9,11H2,1H3,(H,20,22). The van der Waals surface area contributed by atoms with Gasteiger partial charge in [0.05, 0.1) is 23.6 Å². The molecule has 1 aromatic carbocycles. The second kappa shape index (κ2) is 7.19. The molecule has 0 aromatic heterocycles. The van der Waals surface area contributed by atoms with Crippen LogP contribution >= 0.6 is 0 Å². The highest BCUT2D eigenvalue weighted by molar-refractivity contribution is 7.92. The highest BCUT2D eigenvalue weighted by Gasteiger charge is 2.35. The summed E-state index contributed by atoms with van der Waals surface area (Å²) in [6.07, 6.45) is 4.62. The van der Waals surface area contributed by atoms with Crippen molar-refractivity contribution in [1.82, 2.24) is 5.32 Å². The quantitative estimate of drug-likeness (QED) is 0.752. The number of hydrogen-bond acceptors (Lipinski definition) is 6. The van der Waals surface area contributed by atoms with Crippen LogP contribution in [0.15, 0.2) is 18.2 Å². The number of amides is 1. The number of ether oxygens (including phenoxy) is 1. The van der Waals surface area contributed by atoms with Crippen LogP contribution in [0.3, 0.4) is 0 Å². The molecule has 1 aromatic rings. The van der Waals surface area contributed by atoms with Crippen molar-refractivity contribution in [1.29, 1.82) is 5.26 Å². The number of benzene rings is 1. The van der Waals surface area contributed by atoms with Crippen LogP contribution in [-0.2, 0) is 26.0 Å². The Morgan fingerprint density at radius 2 is 2.04 bits per heavy atom. The Morgan fingerprint density at radius 1 is 1.33 bits per heavy atom. The van der Waals surface area contributed by atoms with Gasteiger partial charge in [0.25, 0.3) is 5.91 Å². The number of rotatable bonds is 5. The third-order valence-corrected chi connectivity index (χ3v) is 6.13. The molecule has 1 aliphatic heterocycles. The highest BCUT2D eigenvalue weighted by atomic mass is 32.2. The lowest BCUT2D eigenvalue weighted by Gasteiger charge is -2.21. The average molecular weight is 391 g/mol. The van der Waals surface area contributed by atoms with Gasteiger partial charge in [-0.1, -0.05) is 0 Å². The number of nitrogens with one attached hydrogen (secondary N) is 1. The van der Waals surface area contributed by atoms with Crippen molar-refractivity contribution in [3.63, 3.8) is 0 Å². The average Bonchev–Trinajstić information content (AvgIpc) is 3.25. The first-order valence-electron chi connectivity index (χ1n) is 8.74. The summed E-state index contributed by atoms with van der Waals surface area (Å²) >= 11 is 0. The van der Waals surface area contributed by atoms with Crippen molar-refractivity contribution in [3.8, 4) is 6.07 Å². The molecule has 0 spiro atoms. The summed E-state index contributed by atoms with van der Waals surface area (Å²) in [5, 5.41) is 11.9. The number of fused-ring (bicyclic) bond motifs is 1. The van der Waals surface area contributed by atoms with Crippen molar-refractivity contribution >= 4 is 27.6 Å². The molecule has 8 nitrogen and oxygen atoms in total. The van der Waals surface area contributed by atoms with Gasteiger partial charge in [0.2, 0.25) is 10.0 Å². The number of nitriles is 1. The van der Waals surface area contributed by atoms with Crippen LogP contribution in [0.1, 0.15) is 41.6 Å². The van der Waals surface area contributed by atoms with Crippen LogP contribution in [0.25, 0.3) is 0 Å². The van der Waals surface area contributed by atoms with Gasteiger partial charge in [-0.05, 0) is 55.9 Å². The molecule has 1 saturated carbocycles. The number of anilines is 1. The summed E-state index contributed by atoms with van der Waals surface area (Å²) < 4.78 is 29.9. The van der Waals surface area contributed by atoms with Crippen molar-refractivity contribution < 1.29 is 22.7 Å². The van der Waals surface area contributed by atoms with Crippen molar-refractivity contribution in [3.05, 3.63) is 29.3 Å². The second-order valence-electron chi connectivity index (χ2n) is 6.95. The number of carbonyl (C=O) groups excluding carboxylic acids is 2. The van der Waals surface area contributed by atoms with E-state index in [1.807, 2.05) is 0 Å². The van der Waals surface area contributed by atoms with Crippen LogP contribution in [0.2, 0.25) is 0 Å². The van der Waals surface area contributed by atoms with E-state index in [-0.39, 0.29) is 5.56 Å². The van der Waals surface area contributed by atoms with Crippen LogP contribution in [0.4, 0.5) is 5.69 Å². The maximum atomic E-state index is 12.2. The molecule has 144 valence electrons. The number of sulfonamides is 1. The number of carbonyl (C=O) groups is 2. The Labute approximate surface area is 158 Å². The first kappa shape index (κ1) is 19.2. The largest absolute Gasteiger partial charge is 0.452 e. The predicted molar refractivity (Wildman–Crippen MR) is 97.6 cm³/mol. The molecule has 1 heterocycles. The van der Waals surface area contributed by atoms with E-state index in [4.69, 9.17) is 4.74 Å². The Balaban J connectivity index is 1.61. The Kier molecular flexibility index (Phi) is 5.11. The summed E-state index contributed by atoms with van der Waals surface area (Å²) in [4.78, 5) is 24.2. The zero-order valence-corrected chi connectivity index (χ0v) is 15.8. The molecule has 1 amide bonds. The van der Waals surface area contributed by atoms with E-state index in [1.54, 1.807) is 12.1 Å². The fourth-order valence-electron chi connectivity index (χ4n) is 3.60. The molecular formula is C18H21N3O5S. The first-order valence-corrected chi connectivity index (χ1v) is 10.6. The van der Waals surface area contributed by atoms with E-state index < -0.39 is 34.0 Å². The topological polar surface area (TPSA) is 117 Å². The number of nitrogens with zero attached hydrogens (tertiary/aromatic N) is 2. The summed E-state index contributed by atoms with van der Waals surface area (Å²) in [5.41, 5.74) is 0.706. The van der Waals surface area contributed by atoms with Gasteiger partial charge in [-0.3, -0.25) is 9.10 Å². The lowest BCUT2D eigenvalue weighted by atomic mass is 10.00. The van der Waals surface area contributed by atoms with Crippen molar-refractivity contribution in [2.45, 2.75) is 37.6 Å². The van der Waals surface area contributed by atoms with Gasteiger partial charge in [-0.25, -0.2) is 13.2 Å². The predicted octanol–water partition coefficient (Wildman–Crippen LogP) is 1.12. The van der Waals surface area contributed by atoms with Crippen LogP contribution in [0.5, 0.6) is 0 Å². The highest BCUT2D eigenvalue weighted by Crippen LogP contribution is 2.31. The minimum atomic E-state index is -3.35. The van der Waals surface area contributed by atoms with Crippen LogP contribution in [-0.4, -0.2) is 45.2 Å². The smallest absolute Gasteiger partial charge is 0.338 e. The molecule has 0 saturated heterocycles. The van der Waals surface area contributed by atoms with Crippen molar-refractivity contribution in [2.24, 2.45) is 0 Å². The number of hydrogen-bond donors (Lipinski definition) is 1. The van der Waals surface area contributed by atoms with E-state index in [0.29, 0.717) is 31.5 Å². The molecule has 9 heteroatoms. The maximum Gasteiger partial charge on any atom is 0.338 e. The third kappa shape index (κ3) is 4.06. The van der Waals surface area contributed by atoms with E-state index in [2.05, 4.69) is 11.4 Å². The molecule has 27 heavy (non-hydrogen) atoms. The molecule has 1 N–H and O–H groups in total. The van der Waals surface area contributed by atoms with E-state index in [0.717, 1.165) is 24.7 Å². The van der Waals surface area contributed by atoms with E-state index in [9.17, 15) is 23.3 Å². The van der Waals surface area contributed by atoms with Gasteiger partial charge >= 0.3 is 5.97 Å². The lowest BCUT2D eigenvalue weighted by Crippen LogP contribution is -2.46. The van der Waals surface area contributed by atoms with Gasteiger partial charge in [-0.2, -0.15) is 5.26 Å². The van der Waals surface area contributed by atoms with Gasteiger partial charge in [0.15, 0.2) is 6.61 Å². The normalized spacial score (nSPS) is 17.9. The van der Waals surface area contributed by atoms with Gasteiger partial charge in [-0.15, -0.1) is 0 Å². The molecule has 0 bridgehead atoms. The summed E-state index contributed by atoms with van der Waals surface area (Å²) in [6, 6.07) is 6.79. The minimum absolute atomic E-state index is 0.257. The Hall–Kier alpha value is -2.60. The zero-order valence-electron chi connectivity index (χ0n) is 15.0. The zero-order chi connectivity index (χ0) is 19.7. The summed E-state index contributed by atoms with van der Waals surface area (Å²) in [6.45, 7) is -0.125. The molecule has 3 rings (SSSR count). The Morgan fingerprint density at radius 3 is 2.67 bits per heavy atom. The fraction of sp³-hybridized carbons (Fsp3) is 0.500. The first-order chi connectivity index (χ1) is 12.7. The Bertz CT molecular complexity index is 913. The molecule has 0 atom stereocenters. The maximum absolute atomic E-state index is 12.2. The van der Waals surface area contributed by atoms with Crippen LogP contribution < -0.4 is 9.62 Å². The van der Waals surface area contributed by atoms with Gasteiger partial charge in [0, 0.05) is 6.54 Å². The molecule has 2 aliphatic rings. The second-order valence-corrected chi connectivity index (χ2v) is 8.86. The molecule has 1 fully saturated rings. The van der Waals surface area contributed by atoms with Crippen LogP contribution in [0, 0.1) is 11.3 Å². The lowest BCUT2D eigenvalue weighted by molar-refractivity contribution is -0.125. The summed E-state index contributed by atoms with van der Waals surface area (Å²) in [5.74, 6) is -1.17. The SMILES string of the molecule is CS(=O)(=O)N1CCc2cc(C(=O)OCC(=O)NC3(C#N)CCCC3)ccc21. The van der Waals surface area contributed by atoms with E-state index in [1.165, 1.54) is 10.4 Å². The van der Waals surface area contributed by atoms with Gasteiger partial charge in [0.1, 0.15) is 5.54 Å². The molecule has 0 unspecified atom stereocenters. The minimum Gasteiger partial charge on any atom is -0.452 e. The fourth-order valence-corrected chi connectivity index (χ4v) is 4.56. The molecular weight excluding hydrogens is 370 g/mol.